The number of pyridine rings is 1. The van der Waals surface area contributed by atoms with Crippen LogP contribution in [0.2, 0.25) is 0 Å². The van der Waals surface area contributed by atoms with Crippen molar-refractivity contribution >= 4 is 39.0 Å². The fourth-order valence-electron chi connectivity index (χ4n) is 2.89. The van der Waals surface area contributed by atoms with Gasteiger partial charge in [0.15, 0.2) is 0 Å². The lowest BCUT2D eigenvalue weighted by molar-refractivity contribution is 0.304. The van der Waals surface area contributed by atoms with Crippen LogP contribution in [-0.4, -0.2) is 10.1 Å². The van der Waals surface area contributed by atoms with E-state index >= 15 is 0 Å². The second-order valence-corrected chi connectivity index (χ2v) is 7.24. The van der Waals surface area contributed by atoms with E-state index in [1.807, 2.05) is 84.9 Å². The highest BCUT2D eigenvalue weighted by Crippen LogP contribution is 2.28. The van der Waals surface area contributed by atoms with Crippen LogP contribution in [0.5, 0.6) is 11.5 Å². The van der Waals surface area contributed by atoms with Crippen LogP contribution in [-0.2, 0) is 6.61 Å². The summed E-state index contributed by atoms with van der Waals surface area (Å²) >= 11 is 3.58. The molecule has 3 nitrogen and oxygen atoms in total. The molecular weight excluding hydrogens is 414 g/mol. The van der Waals surface area contributed by atoms with Gasteiger partial charge >= 0.3 is 0 Å². The third-order valence-corrected chi connectivity index (χ3v) is 4.98. The molecule has 0 unspecified atom stereocenters. The van der Waals surface area contributed by atoms with Crippen molar-refractivity contribution in [3.63, 3.8) is 0 Å². The number of rotatable bonds is 5. The van der Waals surface area contributed by atoms with Gasteiger partial charge in [0.2, 0.25) is 0 Å². The van der Waals surface area contributed by atoms with Crippen LogP contribution in [0.1, 0.15) is 16.8 Å². The van der Waals surface area contributed by atoms with E-state index in [1.54, 1.807) is 6.07 Å². The maximum Gasteiger partial charge on any atom is 0.141 e. The molecule has 0 aliphatic heterocycles. The van der Waals surface area contributed by atoms with E-state index in [4.69, 9.17) is 4.74 Å². The Balaban J connectivity index is 1.49. The summed E-state index contributed by atoms with van der Waals surface area (Å²) < 4.78 is 6.79. The van der Waals surface area contributed by atoms with E-state index < -0.39 is 0 Å². The first-order chi connectivity index (χ1) is 13.7. The van der Waals surface area contributed by atoms with Crippen LogP contribution in [0.4, 0.5) is 0 Å². The minimum atomic E-state index is 0.190. The molecule has 138 valence electrons. The Hall–Kier alpha value is -3.11. The van der Waals surface area contributed by atoms with Crippen LogP contribution in [0.25, 0.3) is 23.1 Å². The normalized spacial score (nSPS) is 11.2. The number of para-hydroxylation sites is 1. The molecule has 0 saturated carbocycles. The standard InChI is InChI=1S/C24H18BrNO2/c25-21-15-17(10-14-23(21)28-16-18-5-2-1-3-6-18)9-12-20-13-11-19-7-4-8-22(27)24(19)26-20/h1-15,27H,16H2/b12-9+. The van der Waals surface area contributed by atoms with Crippen LogP contribution >= 0.6 is 15.9 Å². The molecule has 0 aliphatic carbocycles. The van der Waals surface area contributed by atoms with Gasteiger partial charge in [-0.25, -0.2) is 4.98 Å². The van der Waals surface area contributed by atoms with E-state index in [-0.39, 0.29) is 5.75 Å². The van der Waals surface area contributed by atoms with Gasteiger partial charge in [-0.1, -0.05) is 60.7 Å². The molecule has 3 aromatic carbocycles. The monoisotopic (exact) mass is 431 g/mol. The van der Waals surface area contributed by atoms with Crippen molar-refractivity contribution < 1.29 is 9.84 Å². The average molecular weight is 432 g/mol. The fourth-order valence-corrected chi connectivity index (χ4v) is 3.41. The van der Waals surface area contributed by atoms with E-state index in [9.17, 15) is 5.11 Å². The third kappa shape index (κ3) is 4.24. The first-order valence-corrected chi connectivity index (χ1v) is 9.71. The van der Waals surface area contributed by atoms with Gasteiger partial charge in [0.1, 0.15) is 23.6 Å². The molecule has 1 heterocycles. The number of aromatic nitrogens is 1. The predicted octanol–water partition coefficient (Wildman–Crippen LogP) is 6.45. The van der Waals surface area contributed by atoms with Crippen molar-refractivity contribution in [2.75, 3.05) is 0 Å². The van der Waals surface area contributed by atoms with Crippen LogP contribution < -0.4 is 4.74 Å². The highest BCUT2D eigenvalue weighted by atomic mass is 79.9. The molecule has 0 bridgehead atoms. The van der Waals surface area contributed by atoms with Gasteiger partial charge in [0.25, 0.3) is 0 Å². The number of phenolic OH excluding ortho intramolecular Hbond substituents is 1. The van der Waals surface area contributed by atoms with Gasteiger partial charge in [-0.05, 0) is 57.4 Å². The molecule has 28 heavy (non-hydrogen) atoms. The molecule has 1 N–H and O–H groups in total. The number of ether oxygens (including phenoxy) is 1. The van der Waals surface area contributed by atoms with Crippen molar-refractivity contribution in [1.82, 2.24) is 4.98 Å². The summed E-state index contributed by atoms with van der Waals surface area (Å²) in [5.41, 5.74) is 3.55. The number of aromatic hydroxyl groups is 1. The summed E-state index contributed by atoms with van der Waals surface area (Å²) in [6.45, 7) is 0.527. The summed E-state index contributed by atoms with van der Waals surface area (Å²) in [6.07, 6.45) is 3.91. The SMILES string of the molecule is Oc1cccc2ccc(/C=C/c3ccc(OCc4ccccc4)c(Br)c3)nc12. The Morgan fingerprint density at radius 2 is 1.75 bits per heavy atom. The maximum absolute atomic E-state index is 9.97. The summed E-state index contributed by atoms with van der Waals surface area (Å²) in [5.74, 6) is 0.991. The topological polar surface area (TPSA) is 42.4 Å². The second kappa shape index (κ2) is 8.28. The highest BCUT2D eigenvalue weighted by molar-refractivity contribution is 9.10. The number of hydrogen-bond donors (Lipinski definition) is 1. The van der Waals surface area contributed by atoms with E-state index in [1.165, 1.54) is 0 Å². The number of benzene rings is 3. The zero-order chi connectivity index (χ0) is 19.3. The lowest BCUT2D eigenvalue weighted by Gasteiger charge is -2.09. The Morgan fingerprint density at radius 1 is 0.893 bits per heavy atom. The van der Waals surface area contributed by atoms with Gasteiger partial charge < -0.3 is 9.84 Å². The van der Waals surface area contributed by atoms with Gasteiger partial charge in [-0.3, -0.25) is 0 Å². The first kappa shape index (κ1) is 18.3. The molecular formula is C24H18BrNO2. The van der Waals surface area contributed by atoms with Gasteiger partial charge in [0.05, 0.1) is 10.2 Å². The van der Waals surface area contributed by atoms with Crippen LogP contribution in [0.15, 0.2) is 83.3 Å². The summed E-state index contributed by atoms with van der Waals surface area (Å²) in [5, 5.41) is 10.9. The Kier molecular flexibility index (Phi) is 5.40. The lowest BCUT2D eigenvalue weighted by Crippen LogP contribution is -1.95. The molecule has 0 aliphatic rings. The van der Waals surface area contributed by atoms with Crippen molar-refractivity contribution in [2.45, 2.75) is 6.61 Å². The van der Waals surface area contributed by atoms with Gasteiger partial charge in [0, 0.05) is 5.39 Å². The van der Waals surface area contributed by atoms with Crippen molar-refractivity contribution in [3.8, 4) is 11.5 Å². The maximum atomic E-state index is 9.97. The first-order valence-electron chi connectivity index (χ1n) is 8.92. The van der Waals surface area contributed by atoms with E-state index in [0.29, 0.717) is 12.1 Å². The average Bonchev–Trinajstić information content (AvgIpc) is 2.73. The van der Waals surface area contributed by atoms with Gasteiger partial charge in [-0.15, -0.1) is 0 Å². The molecule has 0 fully saturated rings. The number of phenols is 1. The summed E-state index contributed by atoms with van der Waals surface area (Å²) in [4.78, 5) is 4.52. The summed E-state index contributed by atoms with van der Waals surface area (Å²) in [7, 11) is 0. The van der Waals surface area contributed by atoms with Crippen molar-refractivity contribution in [1.29, 1.82) is 0 Å². The smallest absolute Gasteiger partial charge is 0.141 e. The van der Waals surface area contributed by atoms with Crippen molar-refractivity contribution in [2.24, 2.45) is 0 Å². The Labute approximate surface area is 172 Å². The third-order valence-electron chi connectivity index (χ3n) is 4.36. The number of nitrogens with zero attached hydrogens (tertiary/aromatic N) is 1. The molecule has 0 radical (unpaired) electrons. The molecule has 0 amide bonds. The highest BCUT2D eigenvalue weighted by Gasteiger charge is 2.03. The summed E-state index contributed by atoms with van der Waals surface area (Å²) in [6, 6.07) is 25.3. The minimum absolute atomic E-state index is 0.190. The molecule has 0 atom stereocenters. The number of fused-ring (bicyclic) bond motifs is 1. The fraction of sp³-hybridized carbons (Fsp3) is 0.0417. The Morgan fingerprint density at radius 3 is 2.57 bits per heavy atom. The zero-order valence-corrected chi connectivity index (χ0v) is 16.6. The molecule has 4 heteroatoms. The largest absolute Gasteiger partial charge is 0.506 e. The van der Waals surface area contributed by atoms with E-state index in [0.717, 1.165) is 32.4 Å². The van der Waals surface area contributed by atoms with Gasteiger partial charge in [-0.2, -0.15) is 0 Å². The molecule has 0 spiro atoms. The molecule has 0 saturated heterocycles. The van der Waals surface area contributed by atoms with Crippen LogP contribution in [0, 0.1) is 0 Å². The number of halogens is 1. The predicted molar refractivity (Wildman–Crippen MR) is 117 cm³/mol. The van der Waals surface area contributed by atoms with Crippen LogP contribution in [0.3, 0.4) is 0 Å². The molecule has 4 aromatic rings. The quantitative estimate of drug-likeness (QED) is 0.394. The van der Waals surface area contributed by atoms with Crippen molar-refractivity contribution in [3.05, 3.63) is 100 Å². The van der Waals surface area contributed by atoms with E-state index in [2.05, 4.69) is 20.9 Å². The number of hydrogen-bond acceptors (Lipinski definition) is 3. The Bertz CT molecular complexity index is 1140. The minimum Gasteiger partial charge on any atom is -0.506 e. The second-order valence-electron chi connectivity index (χ2n) is 6.38. The molecule has 4 rings (SSSR count). The zero-order valence-electron chi connectivity index (χ0n) is 15.0. The lowest BCUT2D eigenvalue weighted by atomic mass is 10.1. The molecule has 1 aromatic heterocycles.